The Hall–Kier alpha value is -1.10. The zero-order valence-electron chi connectivity index (χ0n) is 13.4. The molecule has 19 heavy (non-hydrogen) atoms. The van der Waals surface area contributed by atoms with E-state index in [9.17, 15) is 9.59 Å². The minimum Gasteiger partial charge on any atom is -0.350 e. The molecule has 1 unspecified atom stereocenters. The molecule has 0 aliphatic heterocycles. The molecule has 0 aliphatic rings. The molecule has 0 radical (unpaired) electrons. The molecule has 112 valence electrons. The third-order valence-electron chi connectivity index (χ3n) is 3.04. The number of rotatable bonds is 6. The molecule has 0 spiro atoms. The molecule has 5 heteroatoms. The normalized spacial score (nSPS) is 13.3. The fourth-order valence-corrected chi connectivity index (χ4v) is 1.70. The average Bonchev–Trinajstić information content (AvgIpc) is 2.27. The van der Waals surface area contributed by atoms with E-state index in [0.717, 1.165) is 0 Å². The predicted molar refractivity (Wildman–Crippen MR) is 77.9 cm³/mol. The maximum absolute atomic E-state index is 12.0. The standard InChI is InChI=1S/C14H29N3O2/c1-8-17(9-2)12(18)10-16(7)11(3)13(19)15-14(4,5)6/h11H,8-10H2,1-7H3,(H,15,19). The second kappa shape index (κ2) is 7.48. The van der Waals surface area contributed by atoms with Crippen LogP contribution in [0.15, 0.2) is 0 Å². The second-order valence-electron chi connectivity index (χ2n) is 5.90. The lowest BCUT2D eigenvalue weighted by Gasteiger charge is -2.29. The zero-order chi connectivity index (χ0) is 15.2. The fourth-order valence-electron chi connectivity index (χ4n) is 1.70. The van der Waals surface area contributed by atoms with Gasteiger partial charge < -0.3 is 10.2 Å². The molecule has 2 amide bonds. The van der Waals surface area contributed by atoms with Crippen LogP contribution in [0.1, 0.15) is 41.5 Å². The second-order valence-corrected chi connectivity index (χ2v) is 5.90. The molecule has 1 atom stereocenters. The Bertz CT molecular complexity index is 306. The summed E-state index contributed by atoms with van der Waals surface area (Å²) < 4.78 is 0. The monoisotopic (exact) mass is 271 g/mol. The van der Waals surface area contributed by atoms with Crippen LogP contribution >= 0.6 is 0 Å². The number of hydrogen-bond donors (Lipinski definition) is 1. The van der Waals surface area contributed by atoms with Crippen molar-refractivity contribution in [3.63, 3.8) is 0 Å². The first-order valence-electron chi connectivity index (χ1n) is 6.92. The molecule has 0 aromatic rings. The summed E-state index contributed by atoms with van der Waals surface area (Å²) in [6.07, 6.45) is 0. The summed E-state index contributed by atoms with van der Waals surface area (Å²) in [5.41, 5.74) is -0.255. The highest BCUT2D eigenvalue weighted by Crippen LogP contribution is 2.03. The van der Waals surface area contributed by atoms with Gasteiger partial charge >= 0.3 is 0 Å². The maximum atomic E-state index is 12.0. The summed E-state index contributed by atoms with van der Waals surface area (Å²) in [6, 6.07) is -0.321. The van der Waals surface area contributed by atoms with Crippen molar-refractivity contribution in [3.8, 4) is 0 Å². The lowest BCUT2D eigenvalue weighted by molar-refractivity contribution is -0.134. The SMILES string of the molecule is CCN(CC)C(=O)CN(C)C(C)C(=O)NC(C)(C)C. The van der Waals surface area contributed by atoms with Gasteiger partial charge in [0.05, 0.1) is 12.6 Å². The molecule has 0 heterocycles. The summed E-state index contributed by atoms with van der Waals surface area (Å²) >= 11 is 0. The van der Waals surface area contributed by atoms with Gasteiger partial charge in [0.2, 0.25) is 11.8 Å². The Kier molecular flexibility index (Phi) is 7.05. The minimum atomic E-state index is -0.321. The van der Waals surface area contributed by atoms with Crippen LogP contribution in [0.25, 0.3) is 0 Å². The van der Waals surface area contributed by atoms with Crippen molar-refractivity contribution in [3.05, 3.63) is 0 Å². The van der Waals surface area contributed by atoms with Crippen LogP contribution in [-0.4, -0.2) is 59.9 Å². The van der Waals surface area contributed by atoms with Gasteiger partial charge in [-0.25, -0.2) is 0 Å². The van der Waals surface area contributed by atoms with Gasteiger partial charge in [-0.15, -0.1) is 0 Å². The van der Waals surface area contributed by atoms with Crippen LogP contribution in [0.4, 0.5) is 0 Å². The van der Waals surface area contributed by atoms with Gasteiger partial charge in [0.25, 0.3) is 0 Å². The summed E-state index contributed by atoms with van der Waals surface area (Å²) in [5, 5.41) is 2.92. The number of carbonyl (C=O) groups is 2. The molecule has 1 N–H and O–H groups in total. The van der Waals surface area contributed by atoms with Crippen molar-refractivity contribution in [1.29, 1.82) is 0 Å². The molecule has 5 nitrogen and oxygen atoms in total. The van der Waals surface area contributed by atoms with E-state index in [1.807, 2.05) is 41.5 Å². The maximum Gasteiger partial charge on any atom is 0.237 e. The quantitative estimate of drug-likeness (QED) is 0.787. The van der Waals surface area contributed by atoms with E-state index in [1.165, 1.54) is 0 Å². The smallest absolute Gasteiger partial charge is 0.237 e. The molecule has 0 saturated heterocycles. The van der Waals surface area contributed by atoms with Gasteiger partial charge in [-0.05, 0) is 48.6 Å². The Morgan fingerprint density at radius 3 is 2.00 bits per heavy atom. The van der Waals surface area contributed by atoms with Crippen LogP contribution in [0.2, 0.25) is 0 Å². The van der Waals surface area contributed by atoms with E-state index >= 15 is 0 Å². The highest BCUT2D eigenvalue weighted by atomic mass is 16.2. The Morgan fingerprint density at radius 1 is 1.16 bits per heavy atom. The van der Waals surface area contributed by atoms with Crippen molar-refractivity contribution in [1.82, 2.24) is 15.1 Å². The van der Waals surface area contributed by atoms with Crippen molar-refractivity contribution in [2.45, 2.75) is 53.1 Å². The van der Waals surface area contributed by atoms with Crippen LogP contribution < -0.4 is 5.32 Å². The van der Waals surface area contributed by atoms with Crippen LogP contribution in [-0.2, 0) is 9.59 Å². The summed E-state index contributed by atoms with van der Waals surface area (Å²) in [6.45, 7) is 13.2. The van der Waals surface area contributed by atoms with Crippen molar-refractivity contribution < 1.29 is 9.59 Å². The number of carbonyl (C=O) groups excluding carboxylic acids is 2. The first kappa shape index (κ1) is 17.9. The molecular formula is C14H29N3O2. The third kappa shape index (κ3) is 6.57. The van der Waals surface area contributed by atoms with Crippen molar-refractivity contribution >= 4 is 11.8 Å². The summed E-state index contributed by atoms with van der Waals surface area (Å²) in [5.74, 6) is 0.00487. The van der Waals surface area contributed by atoms with Gasteiger partial charge in [-0.1, -0.05) is 0 Å². The number of likely N-dealkylation sites (N-methyl/N-ethyl adjacent to an activating group) is 2. The molecule has 0 aliphatic carbocycles. The Morgan fingerprint density at radius 2 is 1.63 bits per heavy atom. The molecular weight excluding hydrogens is 242 g/mol. The van der Waals surface area contributed by atoms with E-state index < -0.39 is 0 Å². The largest absolute Gasteiger partial charge is 0.350 e. The molecule has 0 bridgehead atoms. The van der Waals surface area contributed by atoms with Crippen molar-refractivity contribution in [2.75, 3.05) is 26.7 Å². The molecule has 0 fully saturated rings. The zero-order valence-corrected chi connectivity index (χ0v) is 13.4. The number of amides is 2. The number of nitrogens with zero attached hydrogens (tertiary/aromatic N) is 2. The molecule has 0 saturated carbocycles. The van der Waals surface area contributed by atoms with Crippen LogP contribution in [0, 0.1) is 0 Å². The van der Waals surface area contributed by atoms with Crippen molar-refractivity contribution in [2.24, 2.45) is 0 Å². The van der Waals surface area contributed by atoms with E-state index in [4.69, 9.17) is 0 Å². The van der Waals surface area contributed by atoms with Gasteiger partial charge in [0.15, 0.2) is 0 Å². The Labute approximate surface area is 117 Å². The predicted octanol–water partition coefficient (Wildman–Crippen LogP) is 1.09. The molecule has 0 rings (SSSR count). The van der Waals surface area contributed by atoms with Gasteiger partial charge in [-0.3, -0.25) is 14.5 Å². The average molecular weight is 271 g/mol. The molecule has 0 aromatic carbocycles. The van der Waals surface area contributed by atoms with Crippen LogP contribution in [0.5, 0.6) is 0 Å². The number of hydrogen-bond acceptors (Lipinski definition) is 3. The van der Waals surface area contributed by atoms with E-state index in [0.29, 0.717) is 13.1 Å². The van der Waals surface area contributed by atoms with Crippen LogP contribution in [0.3, 0.4) is 0 Å². The lowest BCUT2D eigenvalue weighted by Crippen LogP contribution is -2.52. The summed E-state index contributed by atoms with van der Waals surface area (Å²) in [7, 11) is 1.80. The number of nitrogens with one attached hydrogen (secondary N) is 1. The topological polar surface area (TPSA) is 52.7 Å². The lowest BCUT2D eigenvalue weighted by atomic mass is 10.1. The highest BCUT2D eigenvalue weighted by Gasteiger charge is 2.24. The van der Waals surface area contributed by atoms with Gasteiger partial charge in [0, 0.05) is 18.6 Å². The summed E-state index contributed by atoms with van der Waals surface area (Å²) in [4.78, 5) is 27.5. The minimum absolute atomic E-state index is 0.0534. The first-order chi connectivity index (χ1) is 8.62. The first-order valence-corrected chi connectivity index (χ1v) is 6.92. The highest BCUT2D eigenvalue weighted by molar-refractivity contribution is 5.83. The third-order valence-corrected chi connectivity index (χ3v) is 3.04. The molecule has 0 aromatic heterocycles. The van der Waals surface area contributed by atoms with E-state index in [-0.39, 0.29) is 29.9 Å². The Balaban J connectivity index is 4.45. The fraction of sp³-hybridized carbons (Fsp3) is 0.857. The van der Waals surface area contributed by atoms with E-state index in [1.54, 1.807) is 16.8 Å². The van der Waals surface area contributed by atoms with Gasteiger partial charge in [-0.2, -0.15) is 0 Å². The van der Waals surface area contributed by atoms with Gasteiger partial charge in [0.1, 0.15) is 0 Å². The van der Waals surface area contributed by atoms with E-state index in [2.05, 4.69) is 5.32 Å².